The number of nitrogens with zero attached hydrogens (tertiary/aromatic N) is 1. The van der Waals surface area contributed by atoms with E-state index in [2.05, 4.69) is 12.7 Å². The zero-order chi connectivity index (χ0) is 42.7. The number of carbonyl (C=O) groups excluding carboxylic acids is 4. The molecule has 328 valence electrons. The van der Waals surface area contributed by atoms with Crippen molar-refractivity contribution in [1.29, 1.82) is 0 Å². The van der Waals surface area contributed by atoms with Crippen molar-refractivity contribution in [3.05, 3.63) is 36.0 Å². The predicted octanol–water partition coefficient (Wildman–Crippen LogP) is 5.03. The molecule has 0 spiro atoms. The van der Waals surface area contributed by atoms with Gasteiger partial charge in [0.15, 0.2) is 0 Å². The minimum Gasteiger partial charge on any atom is -0.456 e. The van der Waals surface area contributed by atoms with Gasteiger partial charge in [0, 0.05) is 44.9 Å². The molecule has 13 nitrogen and oxygen atoms in total. The fraction of sp³-hybridized carbons (Fsp3) is 0.778. The van der Waals surface area contributed by atoms with E-state index in [0.717, 1.165) is 31.3 Å². The van der Waals surface area contributed by atoms with Gasteiger partial charge >= 0.3 is 5.97 Å². The molecule has 1 amide bonds. The second-order valence-corrected chi connectivity index (χ2v) is 17.5. The molecule has 4 aliphatic rings. The van der Waals surface area contributed by atoms with Gasteiger partial charge in [-0.15, -0.1) is 6.58 Å². The van der Waals surface area contributed by atoms with Crippen LogP contribution in [0.5, 0.6) is 0 Å². The van der Waals surface area contributed by atoms with Crippen LogP contribution < -0.4 is 0 Å². The molecule has 0 aromatic carbocycles. The van der Waals surface area contributed by atoms with Gasteiger partial charge in [-0.3, -0.25) is 14.4 Å². The van der Waals surface area contributed by atoms with Crippen LogP contribution in [0.2, 0.25) is 0 Å². The molecule has 2 bridgehead atoms. The second kappa shape index (κ2) is 22.2. The van der Waals surface area contributed by atoms with Crippen molar-refractivity contribution >= 4 is 23.4 Å². The number of methoxy groups -OCH3 is 2. The van der Waals surface area contributed by atoms with Gasteiger partial charge in [-0.05, 0) is 102 Å². The van der Waals surface area contributed by atoms with Crippen molar-refractivity contribution in [3.8, 4) is 0 Å². The molecule has 3 fully saturated rings. The van der Waals surface area contributed by atoms with E-state index in [-0.39, 0.29) is 56.1 Å². The topological polar surface area (TPSA) is 178 Å². The molecule has 58 heavy (non-hydrogen) atoms. The summed E-state index contributed by atoms with van der Waals surface area (Å²) in [6, 6.07) is -1.12. The number of hydrogen-bond donors (Lipinski definition) is 3. The molecule has 3 heterocycles. The monoisotopic (exact) mass is 817 g/mol. The van der Waals surface area contributed by atoms with E-state index >= 15 is 0 Å². The number of aliphatic hydroxyl groups is 3. The number of carbonyl (C=O) groups is 4. The number of amides is 1. The van der Waals surface area contributed by atoms with E-state index in [1.165, 1.54) is 19.1 Å². The summed E-state index contributed by atoms with van der Waals surface area (Å²) in [4.78, 5) is 57.9. The molecule has 0 aromatic heterocycles. The second-order valence-electron chi connectivity index (χ2n) is 17.5. The Balaban J connectivity index is 1.74. The highest BCUT2D eigenvalue weighted by molar-refractivity contribution is 6.39. The molecular weight excluding hydrogens is 746 g/mol. The first kappa shape index (κ1) is 47.9. The van der Waals surface area contributed by atoms with Crippen molar-refractivity contribution in [2.45, 2.75) is 160 Å². The zero-order valence-corrected chi connectivity index (χ0v) is 35.9. The van der Waals surface area contributed by atoms with Gasteiger partial charge in [-0.2, -0.15) is 0 Å². The molecule has 0 aromatic rings. The zero-order valence-electron chi connectivity index (χ0n) is 35.9. The Hall–Kier alpha value is -2.78. The van der Waals surface area contributed by atoms with Crippen LogP contribution in [0.25, 0.3) is 0 Å². The number of ketones is 2. The number of esters is 1. The Morgan fingerprint density at radius 1 is 1.00 bits per heavy atom. The summed E-state index contributed by atoms with van der Waals surface area (Å²) in [5.74, 6) is -7.46. The summed E-state index contributed by atoms with van der Waals surface area (Å²) in [7, 11) is 3.06. The number of rotatable bonds is 9. The number of aliphatic hydroxyl groups excluding tert-OH is 2. The lowest BCUT2D eigenvalue weighted by Crippen LogP contribution is -2.64. The quantitative estimate of drug-likeness (QED) is 0.161. The van der Waals surface area contributed by atoms with Crippen molar-refractivity contribution in [3.63, 3.8) is 0 Å². The van der Waals surface area contributed by atoms with Gasteiger partial charge in [0.25, 0.3) is 11.7 Å². The first-order valence-electron chi connectivity index (χ1n) is 21.5. The standard InChI is InChI=1S/C45H71NO12/c1-9-12-33-22-27(2)21-28(3)23-38(54-7)41-39(55-8)25-30(5)45(53,58-41)42(50)43(51)46-18-11-10-13-35(46)44(52)57-40(31(6)36(48)26-37(33)49)29(4)24-32-14-16-34(17-15-32)56-20-19-47/h9,22,24,28,30-36,38-41,47-48,53H,1,10-21,23,25-26H2,2-8H3/b27-22+,29-24+/t28-,30+,31+,32?,33+,34?,35-,36-,38-,39-,40+,41+,45+/m0/s1. The smallest absolute Gasteiger partial charge is 0.329 e. The average Bonchev–Trinajstić information content (AvgIpc) is 3.20. The highest BCUT2D eigenvalue weighted by Gasteiger charge is 2.56. The van der Waals surface area contributed by atoms with Crippen molar-refractivity contribution in [2.24, 2.45) is 29.6 Å². The molecule has 13 heteroatoms. The Bertz CT molecular complexity index is 1470. The summed E-state index contributed by atoms with van der Waals surface area (Å²) in [6.45, 7) is 13.5. The van der Waals surface area contributed by atoms with E-state index in [0.29, 0.717) is 44.3 Å². The fourth-order valence-corrected chi connectivity index (χ4v) is 9.52. The third-order valence-corrected chi connectivity index (χ3v) is 12.9. The maximum atomic E-state index is 14.3. The molecular formula is C45H71NO12. The number of ether oxygens (including phenoxy) is 5. The number of hydrogen-bond acceptors (Lipinski definition) is 12. The van der Waals surface area contributed by atoms with E-state index < -0.39 is 77.8 Å². The average molecular weight is 818 g/mol. The number of cyclic esters (lactones) is 1. The van der Waals surface area contributed by atoms with Gasteiger partial charge in [0.05, 0.1) is 37.6 Å². The van der Waals surface area contributed by atoms with Gasteiger partial charge in [0.2, 0.25) is 5.79 Å². The van der Waals surface area contributed by atoms with Gasteiger partial charge in [0.1, 0.15) is 24.0 Å². The lowest BCUT2D eigenvalue weighted by Gasteiger charge is -2.47. The number of Topliss-reactive ketones (excluding diaryl/α,β-unsaturated/α-hetero) is 2. The van der Waals surface area contributed by atoms with Crippen LogP contribution in [-0.2, 0) is 42.9 Å². The first-order valence-corrected chi connectivity index (χ1v) is 21.5. The maximum Gasteiger partial charge on any atom is 0.329 e. The largest absolute Gasteiger partial charge is 0.456 e. The Labute approximate surface area is 345 Å². The van der Waals surface area contributed by atoms with Crippen molar-refractivity contribution in [1.82, 2.24) is 4.90 Å². The highest BCUT2D eigenvalue weighted by Crippen LogP contribution is 2.39. The SMILES string of the molecule is C=CC[C@@H]1/C=C(\C)C[C@H](C)C[C@H](OC)[C@H]2O[C@@](O)(C(=O)C(=O)N3CCCC[C@H]3C(=O)O[C@H](/C(C)=C/C3CCC(OCCO)CC3)[C@H](C)[C@@H](O)CC1=O)[C@H](C)C[C@@H]2OC. The number of allylic oxidation sites excluding steroid dienone is 4. The van der Waals surface area contributed by atoms with Crippen LogP contribution in [0.15, 0.2) is 36.0 Å². The summed E-state index contributed by atoms with van der Waals surface area (Å²) >= 11 is 0. The van der Waals surface area contributed by atoms with Crippen LogP contribution in [-0.4, -0.2) is 126 Å². The third-order valence-electron chi connectivity index (χ3n) is 12.9. The minimum absolute atomic E-state index is 0.0159. The summed E-state index contributed by atoms with van der Waals surface area (Å²) in [5.41, 5.74) is 1.68. The molecule has 11 atom stereocenters. The van der Waals surface area contributed by atoms with Crippen LogP contribution >= 0.6 is 0 Å². The molecule has 4 rings (SSSR count). The lowest BCUT2D eigenvalue weighted by molar-refractivity contribution is -0.302. The van der Waals surface area contributed by atoms with Crippen molar-refractivity contribution < 1.29 is 58.2 Å². The van der Waals surface area contributed by atoms with Gasteiger partial charge < -0.3 is 43.9 Å². The van der Waals surface area contributed by atoms with Crippen LogP contribution in [0.4, 0.5) is 0 Å². The fourth-order valence-electron chi connectivity index (χ4n) is 9.52. The van der Waals surface area contributed by atoms with E-state index in [9.17, 15) is 34.5 Å². The van der Waals surface area contributed by atoms with Crippen molar-refractivity contribution in [2.75, 3.05) is 34.0 Å². The molecule has 1 aliphatic carbocycles. The Morgan fingerprint density at radius 2 is 1.67 bits per heavy atom. The van der Waals surface area contributed by atoms with Crippen LogP contribution in [0.1, 0.15) is 112 Å². The normalized spacial score (nSPS) is 39.2. The summed E-state index contributed by atoms with van der Waals surface area (Å²) < 4.78 is 30.0. The molecule has 1 saturated carbocycles. The lowest BCUT2D eigenvalue weighted by atomic mass is 9.82. The number of piperidine rings is 1. The summed E-state index contributed by atoms with van der Waals surface area (Å²) in [5, 5.41) is 32.9. The molecule has 0 unspecified atom stereocenters. The summed E-state index contributed by atoms with van der Waals surface area (Å²) in [6.07, 6.45) is 7.74. The molecule has 0 radical (unpaired) electrons. The molecule has 2 saturated heterocycles. The Kier molecular flexibility index (Phi) is 18.3. The predicted molar refractivity (Wildman–Crippen MR) is 217 cm³/mol. The Morgan fingerprint density at radius 3 is 2.31 bits per heavy atom. The highest BCUT2D eigenvalue weighted by atomic mass is 16.7. The number of fused-ring (bicyclic) bond motifs is 3. The van der Waals surface area contributed by atoms with Gasteiger partial charge in [-0.25, -0.2) is 4.79 Å². The van der Waals surface area contributed by atoms with E-state index in [1.54, 1.807) is 19.9 Å². The minimum atomic E-state index is -2.50. The first-order chi connectivity index (χ1) is 27.6. The molecule has 3 N–H and O–H groups in total. The van der Waals surface area contributed by atoms with Crippen LogP contribution in [0, 0.1) is 29.6 Å². The molecule has 3 aliphatic heterocycles. The maximum absolute atomic E-state index is 14.3. The van der Waals surface area contributed by atoms with Crippen LogP contribution in [0.3, 0.4) is 0 Å². The van der Waals surface area contributed by atoms with Gasteiger partial charge in [-0.1, -0.05) is 44.6 Å². The third kappa shape index (κ3) is 11.9. The van der Waals surface area contributed by atoms with E-state index in [1.807, 2.05) is 26.8 Å². The van der Waals surface area contributed by atoms with E-state index in [4.69, 9.17) is 23.7 Å².